The van der Waals surface area contributed by atoms with Gasteiger partial charge in [-0.25, -0.2) is 0 Å². The Balaban J connectivity index is 3.52. The topological polar surface area (TPSA) is 72.8 Å². The van der Waals surface area contributed by atoms with E-state index in [2.05, 4.69) is 160 Å². The van der Waals surface area contributed by atoms with Gasteiger partial charge in [-0.3, -0.25) is 9.59 Å². The van der Waals surface area contributed by atoms with Crippen molar-refractivity contribution in [3.05, 3.63) is 146 Å². The van der Waals surface area contributed by atoms with Gasteiger partial charge in [0.05, 0.1) is 6.61 Å². The highest BCUT2D eigenvalue weighted by Gasteiger charge is 2.16. The molecule has 5 heteroatoms. The van der Waals surface area contributed by atoms with Crippen LogP contribution in [0.5, 0.6) is 0 Å². The zero-order chi connectivity index (χ0) is 64.7. The number of carbonyl (C=O) groups is 2. The normalized spacial score (nSPS) is 13.1. The standard InChI is InChI=1S/C85H144O5/c1-3-5-7-9-11-13-15-17-19-21-23-25-27-29-31-33-35-37-39-40-41-42-43-44-46-48-50-52-54-56-58-60-62-64-66-68-70-72-74-76-78-80-85(88)90-83(81-86)82-89-84(87)79-77-75-73-71-69-67-65-63-61-59-57-55-53-51-49-47-45-38-36-34-32-30-28-26-24-22-20-18-16-14-12-10-8-6-4-2/h5,7,11,13,17,19,22-25,29,31,35,37,40-41,43-44,48,50,54,56,60,62,83,86H,3-4,6,8-10,12,14-16,18,20-21,26-28,30,32-34,36,38-39,42,45-47,49,51-53,55,57-59,61,63-82H2,1-2H3/b7-5-,13-11-,19-17-,24-22-,25-23-,31-29-,37-35-,41-40-,44-43-,50-48-,56-54-,62-60-. The second kappa shape index (κ2) is 79.0. The van der Waals surface area contributed by atoms with Gasteiger partial charge in [0.2, 0.25) is 0 Å². The number of carbonyl (C=O) groups excluding carboxylic acids is 2. The maximum absolute atomic E-state index is 12.4. The summed E-state index contributed by atoms with van der Waals surface area (Å²) in [5.74, 6) is -0.597. The predicted molar refractivity (Wildman–Crippen MR) is 398 cm³/mol. The van der Waals surface area contributed by atoms with E-state index in [4.69, 9.17) is 9.47 Å². The quantitative estimate of drug-likeness (QED) is 0.0373. The SMILES string of the molecule is CC/C=C\C/C=C\C/C=C\C/C=C\C/C=C\C/C=C\C/C=C\C/C=C\C/C=C\C/C=C\C/C=C\CCCCCCCCCC(=O)OC(CO)COC(=O)CCCCCCCCCCCCCCCCCCCCCCCCC/C=C\CCCCCCCCCC. The van der Waals surface area contributed by atoms with E-state index in [1.54, 1.807) is 0 Å². The molecule has 5 nitrogen and oxygen atoms in total. The molecule has 0 aromatic carbocycles. The van der Waals surface area contributed by atoms with Crippen LogP contribution in [0.3, 0.4) is 0 Å². The van der Waals surface area contributed by atoms with E-state index >= 15 is 0 Å². The van der Waals surface area contributed by atoms with E-state index < -0.39 is 6.10 Å². The second-order valence-electron chi connectivity index (χ2n) is 25.3. The summed E-state index contributed by atoms with van der Waals surface area (Å²) in [5, 5.41) is 9.72. The minimum absolute atomic E-state index is 0.0745. The Morgan fingerprint density at radius 2 is 0.478 bits per heavy atom. The van der Waals surface area contributed by atoms with Crippen LogP contribution in [0.4, 0.5) is 0 Å². The van der Waals surface area contributed by atoms with Gasteiger partial charge >= 0.3 is 11.9 Å². The molecule has 0 rings (SSSR count). The van der Waals surface area contributed by atoms with Crippen LogP contribution in [0.2, 0.25) is 0 Å². The van der Waals surface area contributed by atoms with Crippen LogP contribution in [0, 0.1) is 0 Å². The van der Waals surface area contributed by atoms with Crippen molar-refractivity contribution in [2.24, 2.45) is 0 Å². The van der Waals surface area contributed by atoms with E-state index in [9.17, 15) is 14.7 Å². The zero-order valence-electron chi connectivity index (χ0n) is 59.1. The van der Waals surface area contributed by atoms with Crippen LogP contribution in [-0.2, 0) is 19.1 Å². The molecule has 0 saturated carbocycles. The van der Waals surface area contributed by atoms with Crippen LogP contribution in [-0.4, -0.2) is 36.4 Å². The van der Waals surface area contributed by atoms with Crippen molar-refractivity contribution < 1.29 is 24.2 Å². The average molecular weight is 1250 g/mol. The van der Waals surface area contributed by atoms with E-state index in [-0.39, 0.29) is 25.2 Å². The number of hydrogen-bond acceptors (Lipinski definition) is 5. The molecule has 0 fully saturated rings. The second-order valence-corrected chi connectivity index (χ2v) is 25.3. The molecular weight excluding hydrogens is 1100 g/mol. The fourth-order valence-electron chi connectivity index (χ4n) is 10.9. The van der Waals surface area contributed by atoms with Crippen molar-refractivity contribution in [3.8, 4) is 0 Å². The first-order valence-corrected chi connectivity index (χ1v) is 38.4. The monoisotopic (exact) mass is 1250 g/mol. The number of rotatable bonds is 70. The summed E-state index contributed by atoms with van der Waals surface area (Å²) in [4.78, 5) is 24.7. The van der Waals surface area contributed by atoms with Crippen molar-refractivity contribution in [1.82, 2.24) is 0 Å². The summed E-state index contributed by atoms with van der Waals surface area (Å²) in [5.41, 5.74) is 0. The molecule has 0 aromatic rings. The third-order valence-corrected chi connectivity index (χ3v) is 16.6. The molecule has 514 valence electrons. The first-order valence-electron chi connectivity index (χ1n) is 38.4. The summed E-state index contributed by atoms with van der Waals surface area (Å²) >= 11 is 0. The molecular formula is C85H144O5. The molecule has 1 unspecified atom stereocenters. The van der Waals surface area contributed by atoms with Crippen LogP contribution in [0.15, 0.2) is 146 Å². The molecule has 0 aliphatic carbocycles. The van der Waals surface area contributed by atoms with Crippen molar-refractivity contribution >= 4 is 11.9 Å². The highest BCUT2D eigenvalue weighted by Crippen LogP contribution is 2.18. The van der Waals surface area contributed by atoms with E-state index in [1.807, 2.05) is 0 Å². The number of aliphatic hydroxyl groups is 1. The van der Waals surface area contributed by atoms with Gasteiger partial charge in [0.1, 0.15) is 6.61 Å². The number of unbranched alkanes of at least 4 members (excludes halogenated alkanes) is 38. The van der Waals surface area contributed by atoms with Crippen molar-refractivity contribution in [1.29, 1.82) is 0 Å². The largest absolute Gasteiger partial charge is 0.462 e. The Kier molecular flexibility index (Phi) is 75.3. The van der Waals surface area contributed by atoms with Gasteiger partial charge < -0.3 is 14.6 Å². The summed E-state index contributed by atoms with van der Waals surface area (Å²) in [6.45, 7) is 4.05. The van der Waals surface area contributed by atoms with Gasteiger partial charge in [-0.1, -0.05) is 372 Å². The lowest BCUT2D eigenvalue weighted by molar-refractivity contribution is -0.161. The average Bonchev–Trinajstić information content (AvgIpc) is 3.60. The highest BCUT2D eigenvalue weighted by molar-refractivity contribution is 5.70. The van der Waals surface area contributed by atoms with Crippen LogP contribution >= 0.6 is 0 Å². The maximum atomic E-state index is 12.4. The zero-order valence-corrected chi connectivity index (χ0v) is 59.1. The van der Waals surface area contributed by atoms with Crippen molar-refractivity contribution in [2.75, 3.05) is 13.2 Å². The molecule has 0 radical (unpaired) electrons. The lowest BCUT2D eigenvalue weighted by atomic mass is 10.0. The number of aliphatic hydroxyl groups excluding tert-OH is 1. The van der Waals surface area contributed by atoms with Crippen LogP contribution in [0.1, 0.15) is 361 Å². The minimum Gasteiger partial charge on any atom is -0.462 e. The number of hydrogen-bond donors (Lipinski definition) is 1. The lowest BCUT2D eigenvalue weighted by Gasteiger charge is -2.15. The number of allylic oxidation sites excluding steroid dienone is 24. The Labute approximate surface area is 558 Å². The fourth-order valence-corrected chi connectivity index (χ4v) is 10.9. The summed E-state index contributed by atoms with van der Waals surface area (Å²) in [6, 6.07) is 0. The molecule has 0 heterocycles. The molecule has 0 aliphatic heterocycles. The molecule has 0 amide bonds. The summed E-state index contributed by atoms with van der Waals surface area (Å²) in [6.07, 6.45) is 119. The van der Waals surface area contributed by atoms with E-state index in [1.165, 1.54) is 218 Å². The third-order valence-electron chi connectivity index (χ3n) is 16.6. The van der Waals surface area contributed by atoms with Crippen LogP contribution in [0.25, 0.3) is 0 Å². The lowest BCUT2D eigenvalue weighted by Crippen LogP contribution is -2.28. The van der Waals surface area contributed by atoms with Gasteiger partial charge in [-0.2, -0.15) is 0 Å². The minimum atomic E-state index is -0.788. The molecule has 0 saturated heterocycles. The Bertz CT molecular complexity index is 1850. The van der Waals surface area contributed by atoms with Gasteiger partial charge in [-0.05, 0) is 122 Å². The molecule has 0 bridgehead atoms. The van der Waals surface area contributed by atoms with E-state index in [0.29, 0.717) is 12.8 Å². The fraction of sp³-hybridized carbons (Fsp3) is 0.694. The molecule has 90 heavy (non-hydrogen) atoms. The highest BCUT2D eigenvalue weighted by atomic mass is 16.6. The van der Waals surface area contributed by atoms with Gasteiger partial charge in [0.15, 0.2) is 6.10 Å². The molecule has 1 atom stereocenters. The molecule has 0 aliphatic rings. The summed E-state index contributed by atoms with van der Waals surface area (Å²) in [7, 11) is 0. The van der Waals surface area contributed by atoms with Gasteiger partial charge in [-0.15, -0.1) is 0 Å². The van der Waals surface area contributed by atoms with Crippen molar-refractivity contribution in [3.63, 3.8) is 0 Å². The first-order chi connectivity index (χ1) is 44.6. The summed E-state index contributed by atoms with van der Waals surface area (Å²) < 4.78 is 10.8. The third kappa shape index (κ3) is 76.2. The Morgan fingerprint density at radius 3 is 0.733 bits per heavy atom. The predicted octanol–water partition coefficient (Wildman–Crippen LogP) is 27.2. The van der Waals surface area contributed by atoms with Gasteiger partial charge in [0, 0.05) is 12.8 Å². The van der Waals surface area contributed by atoms with Crippen molar-refractivity contribution in [2.45, 2.75) is 367 Å². The number of ether oxygens (including phenoxy) is 2. The first kappa shape index (κ1) is 85.8. The molecule has 0 aromatic heterocycles. The van der Waals surface area contributed by atoms with Crippen LogP contribution < -0.4 is 0 Å². The van der Waals surface area contributed by atoms with E-state index in [0.717, 1.165) is 116 Å². The molecule has 1 N–H and O–H groups in total. The maximum Gasteiger partial charge on any atom is 0.306 e. The molecule has 0 spiro atoms. The van der Waals surface area contributed by atoms with Gasteiger partial charge in [0.25, 0.3) is 0 Å². The smallest absolute Gasteiger partial charge is 0.306 e. The number of esters is 2. The Hall–Kier alpha value is -4.22. The Morgan fingerprint density at radius 1 is 0.267 bits per heavy atom.